The number of alkyl halides is 3. The van der Waals surface area contributed by atoms with E-state index in [2.05, 4.69) is 22.6 Å². The first kappa shape index (κ1) is 23.9. The summed E-state index contributed by atoms with van der Waals surface area (Å²) in [7, 11) is -6.18. The molecule has 2 bridgehead atoms. The van der Waals surface area contributed by atoms with E-state index in [1.165, 1.54) is 11.8 Å². The Kier molecular flexibility index (Phi) is 6.12. The second kappa shape index (κ2) is 8.20. The van der Waals surface area contributed by atoms with Crippen molar-refractivity contribution in [3.05, 3.63) is 27.3 Å². The van der Waals surface area contributed by atoms with Crippen LogP contribution in [0.15, 0.2) is 18.2 Å². The SMILES string of the molecule is O=C1OC2(CC3SC2CC3C(=O)OCCC(F)C(F)(F)S(=O)(=O)[O-])Oc2cc(I)ccc21. The van der Waals surface area contributed by atoms with E-state index in [1.807, 2.05) is 0 Å². The zero-order chi connectivity index (χ0) is 23.5. The summed E-state index contributed by atoms with van der Waals surface area (Å²) in [5.74, 6) is -2.79. The van der Waals surface area contributed by atoms with Crippen LogP contribution in [0.1, 0.15) is 29.6 Å². The number of ether oxygens (including phenoxy) is 3. The van der Waals surface area contributed by atoms with Crippen LogP contribution in [0.5, 0.6) is 5.75 Å². The molecule has 14 heteroatoms. The third-order valence-corrected chi connectivity index (χ3v) is 8.88. The first-order valence-electron chi connectivity index (χ1n) is 9.35. The molecule has 1 aromatic rings. The maximum atomic E-state index is 13.5. The summed E-state index contributed by atoms with van der Waals surface area (Å²) < 4.78 is 88.5. The van der Waals surface area contributed by atoms with Crippen molar-refractivity contribution in [2.45, 2.75) is 47.0 Å². The lowest BCUT2D eigenvalue weighted by Crippen LogP contribution is -2.53. The van der Waals surface area contributed by atoms with E-state index in [9.17, 15) is 35.7 Å². The Hall–Kier alpha value is -1.26. The lowest BCUT2D eigenvalue weighted by atomic mass is 9.84. The van der Waals surface area contributed by atoms with Gasteiger partial charge < -0.3 is 18.8 Å². The van der Waals surface area contributed by atoms with Crippen molar-refractivity contribution in [1.82, 2.24) is 0 Å². The van der Waals surface area contributed by atoms with Crippen LogP contribution < -0.4 is 4.74 Å². The highest BCUT2D eigenvalue weighted by Gasteiger charge is 2.64. The van der Waals surface area contributed by atoms with Gasteiger partial charge in [0.25, 0.3) is 5.79 Å². The smallest absolute Gasteiger partial charge is 0.364 e. The average Bonchev–Trinajstić information content (AvgIpc) is 3.24. The van der Waals surface area contributed by atoms with Crippen molar-refractivity contribution < 1.29 is 49.9 Å². The van der Waals surface area contributed by atoms with Gasteiger partial charge in [0.15, 0.2) is 16.3 Å². The van der Waals surface area contributed by atoms with Crippen LogP contribution in [0.2, 0.25) is 0 Å². The molecule has 1 aromatic carbocycles. The highest BCUT2D eigenvalue weighted by atomic mass is 127. The van der Waals surface area contributed by atoms with Gasteiger partial charge in [0, 0.05) is 21.7 Å². The molecule has 5 atom stereocenters. The van der Waals surface area contributed by atoms with Gasteiger partial charge in [-0.1, -0.05) is 0 Å². The van der Waals surface area contributed by atoms with E-state index in [0.717, 1.165) is 3.57 Å². The molecule has 2 saturated heterocycles. The molecule has 32 heavy (non-hydrogen) atoms. The summed E-state index contributed by atoms with van der Waals surface area (Å²) in [5.41, 5.74) is 0.303. The largest absolute Gasteiger partial charge is 0.743 e. The number of halogens is 4. The van der Waals surface area contributed by atoms with E-state index >= 15 is 0 Å². The Morgan fingerprint density at radius 2 is 2.12 bits per heavy atom. The predicted molar refractivity (Wildman–Crippen MR) is 111 cm³/mol. The van der Waals surface area contributed by atoms with Crippen LogP contribution in [0.3, 0.4) is 0 Å². The van der Waals surface area contributed by atoms with Crippen molar-refractivity contribution in [2.24, 2.45) is 5.92 Å². The molecule has 0 saturated carbocycles. The molecule has 0 aliphatic carbocycles. The lowest BCUT2D eigenvalue weighted by molar-refractivity contribution is -0.172. The summed E-state index contributed by atoms with van der Waals surface area (Å²) in [4.78, 5) is 24.8. The molecule has 0 amide bonds. The Bertz CT molecular complexity index is 1070. The minimum atomic E-state index is -6.18. The highest BCUT2D eigenvalue weighted by Crippen LogP contribution is 2.58. The Balaban J connectivity index is 1.35. The molecule has 0 radical (unpaired) electrons. The molecule has 0 aromatic heterocycles. The molecule has 3 aliphatic rings. The fourth-order valence-corrected chi connectivity index (χ4v) is 6.73. The Morgan fingerprint density at radius 3 is 2.75 bits per heavy atom. The predicted octanol–water partition coefficient (Wildman–Crippen LogP) is 2.84. The van der Waals surface area contributed by atoms with Gasteiger partial charge in [-0.05, 0) is 47.2 Å². The number of rotatable bonds is 6. The molecule has 3 heterocycles. The molecule has 4 rings (SSSR count). The van der Waals surface area contributed by atoms with Gasteiger partial charge in [-0.2, -0.15) is 8.78 Å². The van der Waals surface area contributed by atoms with Crippen LogP contribution in [-0.4, -0.2) is 59.2 Å². The molecule has 8 nitrogen and oxygen atoms in total. The minimum absolute atomic E-state index is 0.205. The first-order valence-corrected chi connectivity index (χ1v) is 12.8. The van der Waals surface area contributed by atoms with Crippen LogP contribution in [0.4, 0.5) is 13.2 Å². The molecule has 176 valence electrons. The van der Waals surface area contributed by atoms with Crippen LogP contribution >= 0.6 is 34.4 Å². The minimum Gasteiger partial charge on any atom is -0.743 e. The van der Waals surface area contributed by atoms with Gasteiger partial charge in [0.05, 0.1) is 17.8 Å². The first-order chi connectivity index (χ1) is 14.8. The van der Waals surface area contributed by atoms with E-state index in [0.29, 0.717) is 11.3 Å². The molecular weight excluding hydrogens is 592 g/mol. The molecule has 5 unspecified atom stereocenters. The molecule has 2 fully saturated rings. The summed E-state index contributed by atoms with van der Waals surface area (Å²) in [6.45, 7) is -0.813. The van der Waals surface area contributed by atoms with Gasteiger partial charge in [-0.3, -0.25) is 4.79 Å². The van der Waals surface area contributed by atoms with Crippen LogP contribution in [-0.2, 0) is 24.4 Å². The van der Waals surface area contributed by atoms with E-state index in [4.69, 9.17) is 14.2 Å². The maximum Gasteiger partial charge on any atom is 0.364 e. The van der Waals surface area contributed by atoms with Crippen molar-refractivity contribution >= 4 is 56.4 Å². The Labute approximate surface area is 198 Å². The third-order valence-electron chi connectivity index (χ3n) is 5.56. The maximum absolute atomic E-state index is 13.5. The summed E-state index contributed by atoms with van der Waals surface area (Å²) in [6.07, 6.45) is -4.01. The fourth-order valence-electron chi connectivity index (χ4n) is 3.95. The van der Waals surface area contributed by atoms with E-state index < -0.39 is 58.2 Å². The van der Waals surface area contributed by atoms with Gasteiger partial charge in [-0.15, -0.1) is 11.8 Å². The number of benzene rings is 1. The number of carbonyl (C=O) groups is 2. The van der Waals surface area contributed by atoms with Gasteiger partial charge in [-0.25, -0.2) is 17.6 Å². The topological polar surface area (TPSA) is 119 Å². The number of carbonyl (C=O) groups excluding carboxylic acids is 2. The standard InChI is InChI=1S/C18H16F3IO8S2/c19-13(18(20,21)32(25,26)27)3-4-28-15(23)10-6-14-17(7-12(10)31-14)29-11-5-8(22)1-2-9(11)16(24)30-17/h1-2,5,10,12-14H,3-4,6-7H2,(H,25,26,27)/p-1. The van der Waals surface area contributed by atoms with Gasteiger partial charge in [0.2, 0.25) is 0 Å². The zero-order valence-electron chi connectivity index (χ0n) is 16.0. The third kappa shape index (κ3) is 4.07. The molecule has 3 aliphatic heterocycles. The lowest BCUT2D eigenvalue weighted by Gasteiger charge is -2.40. The van der Waals surface area contributed by atoms with Crippen LogP contribution in [0, 0.1) is 9.49 Å². The number of hydrogen-bond donors (Lipinski definition) is 0. The van der Waals surface area contributed by atoms with Crippen molar-refractivity contribution in [1.29, 1.82) is 0 Å². The normalized spacial score (nSPS) is 29.9. The van der Waals surface area contributed by atoms with Crippen molar-refractivity contribution in [3.63, 3.8) is 0 Å². The quantitative estimate of drug-likeness (QED) is 0.273. The number of fused-ring (bicyclic) bond motifs is 4. The fraction of sp³-hybridized carbons (Fsp3) is 0.556. The van der Waals surface area contributed by atoms with Crippen LogP contribution in [0.25, 0.3) is 0 Å². The second-order valence-corrected chi connectivity index (χ2v) is 11.7. The summed E-state index contributed by atoms with van der Waals surface area (Å²) >= 11 is 3.47. The molecular formula is C18H15F3IO8S2-. The average molecular weight is 607 g/mol. The van der Waals surface area contributed by atoms with E-state index in [1.54, 1.807) is 18.2 Å². The Morgan fingerprint density at radius 1 is 1.41 bits per heavy atom. The number of hydrogen-bond acceptors (Lipinski definition) is 9. The number of esters is 2. The van der Waals surface area contributed by atoms with Gasteiger partial charge in [0.1, 0.15) is 11.3 Å². The highest BCUT2D eigenvalue weighted by molar-refractivity contribution is 14.1. The zero-order valence-corrected chi connectivity index (χ0v) is 19.8. The molecule has 0 N–H and O–H groups in total. The summed E-state index contributed by atoms with van der Waals surface area (Å²) in [5, 5.41) is -5.82. The molecule has 1 spiro atoms. The van der Waals surface area contributed by atoms with Crippen molar-refractivity contribution in [2.75, 3.05) is 6.61 Å². The monoisotopic (exact) mass is 607 g/mol. The number of thioether (sulfide) groups is 1. The second-order valence-electron chi connectivity index (χ2n) is 7.59. The van der Waals surface area contributed by atoms with Crippen molar-refractivity contribution in [3.8, 4) is 5.75 Å². The summed E-state index contributed by atoms with van der Waals surface area (Å²) in [6, 6.07) is 5.06. The van der Waals surface area contributed by atoms with E-state index in [-0.39, 0.29) is 23.3 Å². The van der Waals surface area contributed by atoms with Gasteiger partial charge >= 0.3 is 17.2 Å².